The predicted octanol–water partition coefficient (Wildman–Crippen LogP) is 1.18. The number of rotatable bonds is 2. The third-order valence-corrected chi connectivity index (χ3v) is 4.10. The Morgan fingerprint density at radius 3 is 2.80 bits per heavy atom. The number of halogens is 1. The van der Waals surface area contributed by atoms with Crippen LogP contribution in [0.2, 0.25) is 0 Å². The highest BCUT2D eigenvalue weighted by Crippen LogP contribution is 2.30. The molecule has 7 heteroatoms. The second-order valence-electron chi connectivity index (χ2n) is 4.80. The van der Waals surface area contributed by atoms with Crippen molar-refractivity contribution in [3.63, 3.8) is 0 Å². The molecule has 1 fully saturated rings. The third-order valence-electron chi connectivity index (χ3n) is 3.59. The van der Waals surface area contributed by atoms with Crippen molar-refractivity contribution in [1.82, 2.24) is 10.2 Å². The Morgan fingerprint density at radius 1 is 1.30 bits per heavy atom. The van der Waals surface area contributed by atoms with Gasteiger partial charge in [0.15, 0.2) is 23.0 Å². The average molecular weight is 386 g/mol. The molecule has 0 aliphatic carbocycles. The molecule has 1 aromatic carbocycles. The molecule has 3 amide bonds. The summed E-state index contributed by atoms with van der Waals surface area (Å²) in [5.41, 5.74) is 1.43. The molecule has 1 saturated heterocycles. The molecule has 1 unspecified atom stereocenters. The van der Waals surface area contributed by atoms with Gasteiger partial charge in [0, 0.05) is 18.5 Å². The minimum Gasteiger partial charge on any atom is -0.428 e. The number of hydrogen-bond acceptors (Lipinski definition) is 4. The van der Waals surface area contributed by atoms with Crippen molar-refractivity contribution >= 4 is 40.7 Å². The van der Waals surface area contributed by atoms with Crippen LogP contribution < -0.4 is 8.38 Å². The van der Waals surface area contributed by atoms with E-state index in [0.717, 1.165) is 5.56 Å². The van der Waals surface area contributed by atoms with E-state index in [0.29, 0.717) is 24.3 Å². The van der Waals surface area contributed by atoms with Crippen molar-refractivity contribution in [3.05, 3.63) is 29.3 Å². The average Bonchev–Trinajstić information content (AvgIpc) is 2.76. The van der Waals surface area contributed by atoms with Crippen molar-refractivity contribution in [3.8, 4) is 5.75 Å². The Bertz CT molecular complexity index is 616. The van der Waals surface area contributed by atoms with Gasteiger partial charge >= 0.3 is 0 Å². The normalized spacial score (nSPS) is 21.8. The van der Waals surface area contributed by atoms with E-state index in [1.807, 2.05) is 6.07 Å². The first kappa shape index (κ1) is 13.3. The molecule has 2 aliphatic rings. The summed E-state index contributed by atoms with van der Waals surface area (Å²) in [6, 6.07) is 4.71. The van der Waals surface area contributed by atoms with Gasteiger partial charge in [-0.3, -0.25) is 19.7 Å². The molecule has 0 aromatic heterocycles. The molecule has 3 rings (SSSR count). The standard InChI is InChI=1S/C13H11IN2O4/c14-20-8-2-1-7-6-16(13(19)9(7)5-8)10-3-4-11(17)15-12(10)18/h1-2,5,10H,3-4,6H2,(H,15,17,18). The summed E-state index contributed by atoms with van der Waals surface area (Å²) in [6.07, 6.45) is 0.638. The zero-order valence-electron chi connectivity index (χ0n) is 10.4. The van der Waals surface area contributed by atoms with Crippen LogP contribution in [0.15, 0.2) is 18.2 Å². The van der Waals surface area contributed by atoms with Gasteiger partial charge in [0.05, 0.1) is 0 Å². The quantitative estimate of drug-likeness (QED) is 0.612. The van der Waals surface area contributed by atoms with E-state index < -0.39 is 11.9 Å². The summed E-state index contributed by atoms with van der Waals surface area (Å²) in [7, 11) is 0. The number of carbonyl (C=O) groups excluding carboxylic acids is 3. The van der Waals surface area contributed by atoms with Crippen LogP contribution in [0.4, 0.5) is 0 Å². The monoisotopic (exact) mass is 386 g/mol. The Morgan fingerprint density at radius 2 is 2.10 bits per heavy atom. The predicted molar refractivity (Wildman–Crippen MR) is 77.1 cm³/mol. The number of carbonyl (C=O) groups is 3. The Labute approximate surface area is 129 Å². The highest BCUT2D eigenvalue weighted by Gasteiger charge is 2.39. The Hall–Kier alpha value is -1.64. The summed E-state index contributed by atoms with van der Waals surface area (Å²) >= 11 is 1.75. The van der Waals surface area contributed by atoms with Gasteiger partial charge in [-0.1, -0.05) is 6.07 Å². The van der Waals surface area contributed by atoms with E-state index in [9.17, 15) is 14.4 Å². The van der Waals surface area contributed by atoms with Crippen LogP contribution in [-0.4, -0.2) is 28.7 Å². The molecule has 0 bridgehead atoms. The molecule has 104 valence electrons. The Kier molecular flexibility index (Phi) is 3.36. The van der Waals surface area contributed by atoms with Crippen molar-refractivity contribution in [1.29, 1.82) is 0 Å². The van der Waals surface area contributed by atoms with Gasteiger partial charge in [-0.2, -0.15) is 0 Å². The number of fused-ring (bicyclic) bond motifs is 1. The maximum atomic E-state index is 12.4. The fourth-order valence-electron chi connectivity index (χ4n) is 2.58. The molecule has 1 N–H and O–H groups in total. The van der Waals surface area contributed by atoms with E-state index in [1.54, 1.807) is 35.1 Å². The Balaban J connectivity index is 1.86. The van der Waals surface area contributed by atoms with E-state index in [-0.39, 0.29) is 18.2 Å². The van der Waals surface area contributed by atoms with Gasteiger partial charge in [0.2, 0.25) is 11.8 Å². The lowest BCUT2D eigenvalue weighted by atomic mass is 10.0. The van der Waals surface area contributed by atoms with Crippen LogP contribution in [0.25, 0.3) is 0 Å². The van der Waals surface area contributed by atoms with Gasteiger partial charge < -0.3 is 7.97 Å². The number of benzene rings is 1. The smallest absolute Gasteiger partial charge is 0.255 e. The lowest BCUT2D eigenvalue weighted by Gasteiger charge is -2.29. The van der Waals surface area contributed by atoms with E-state index >= 15 is 0 Å². The van der Waals surface area contributed by atoms with Crippen LogP contribution in [0.3, 0.4) is 0 Å². The summed E-state index contributed by atoms with van der Waals surface area (Å²) in [4.78, 5) is 36.9. The maximum absolute atomic E-state index is 12.4. The van der Waals surface area contributed by atoms with Crippen molar-refractivity contribution in [2.24, 2.45) is 0 Å². The highest BCUT2D eigenvalue weighted by atomic mass is 127. The minimum absolute atomic E-state index is 0.190. The lowest BCUT2D eigenvalue weighted by molar-refractivity contribution is -0.136. The van der Waals surface area contributed by atoms with Crippen LogP contribution in [0, 0.1) is 0 Å². The van der Waals surface area contributed by atoms with Crippen LogP contribution in [0.1, 0.15) is 28.8 Å². The molecule has 2 aliphatic heterocycles. The largest absolute Gasteiger partial charge is 0.428 e. The first-order valence-electron chi connectivity index (χ1n) is 6.16. The zero-order chi connectivity index (χ0) is 14.3. The fraction of sp³-hybridized carbons (Fsp3) is 0.308. The third kappa shape index (κ3) is 2.15. The molecule has 1 atom stereocenters. The second-order valence-corrected chi connectivity index (χ2v) is 5.24. The number of nitrogens with one attached hydrogen (secondary N) is 1. The first-order chi connectivity index (χ1) is 9.60. The van der Waals surface area contributed by atoms with E-state index in [4.69, 9.17) is 3.07 Å². The minimum atomic E-state index is -0.573. The molecular formula is C13H11IN2O4. The lowest BCUT2D eigenvalue weighted by Crippen LogP contribution is -2.52. The van der Waals surface area contributed by atoms with Crippen molar-refractivity contribution in [2.75, 3.05) is 0 Å². The van der Waals surface area contributed by atoms with Gasteiger partial charge in [-0.15, -0.1) is 0 Å². The fourth-order valence-corrected chi connectivity index (χ4v) is 2.86. The van der Waals surface area contributed by atoms with Crippen LogP contribution >= 0.6 is 23.0 Å². The van der Waals surface area contributed by atoms with Crippen molar-refractivity contribution in [2.45, 2.75) is 25.4 Å². The highest BCUT2D eigenvalue weighted by molar-refractivity contribution is 14.1. The molecular weight excluding hydrogens is 375 g/mol. The van der Waals surface area contributed by atoms with Gasteiger partial charge in [-0.05, 0) is 24.1 Å². The summed E-state index contributed by atoms with van der Waals surface area (Å²) in [6.45, 7) is 0.391. The van der Waals surface area contributed by atoms with Crippen molar-refractivity contribution < 1.29 is 17.4 Å². The van der Waals surface area contributed by atoms with E-state index in [2.05, 4.69) is 5.32 Å². The van der Waals surface area contributed by atoms with Gasteiger partial charge in [0.1, 0.15) is 11.8 Å². The SMILES string of the molecule is O=C1CCC(N2Cc3ccc(OI)cc3C2=O)C(=O)N1. The topological polar surface area (TPSA) is 75.7 Å². The number of nitrogens with zero attached hydrogens (tertiary/aromatic N) is 1. The maximum Gasteiger partial charge on any atom is 0.255 e. The summed E-state index contributed by atoms with van der Waals surface area (Å²) in [5, 5.41) is 2.28. The zero-order valence-corrected chi connectivity index (χ0v) is 12.5. The van der Waals surface area contributed by atoms with Gasteiger partial charge in [-0.25, -0.2) is 0 Å². The van der Waals surface area contributed by atoms with Gasteiger partial charge in [0.25, 0.3) is 5.91 Å². The molecule has 20 heavy (non-hydrogen) atoms. The molecule has 2 heterocycles. The van der Waals surface area contributed by atoms with Crippen LogP contribution in [-0.2, 0) is 16.1 Å². The van der Waals surface area contributed by atoms with E-state index in [1.165, 1.54) is 4.90 Å². The molecule has 1 aromatic rings. The summed E-state index contributed by atoms with van der Waals surface area (Å²) < 4.78 is 5.08. The molecule has 0 radical (unpaired) electrons. The molecule has 6 nitrogen and oxygen atoms in total. The molecule has 0 saturated carbocycles. The number of amides is 3. The molecule has 0 spiro atoms. The number of piperidine rings is 1. The number of imide groups is 1. The first-order valence-corrected chi connectivity index (χ1v) is 7.04. The number of hydrogen-bond donors (Lipinski definition) is 1. The summed E-state index contributed by atoms with van der Waals surface area (Å²) in [5.74, 6) is -0.267. The van der Waals surface area contributed by atoms with Crippen LogP contribution in [0.5, 0.6) is 5.75 Å². The second kappa shape index (κ2) is 5.04.